The number of hydrogen-bond donors (Lipinski definition) is 0. The Morgan fingerprint density at radius 3 is 2.57 bits per heavy atom. The molecular formula is C20H19ClN4O4S. The molecule has 0 unspecified atom stereocenters. The fourth-order valence-electron chi connectivity index (χ4n) is 3.62. The minimum Gasteiger partial charge on any atom is -0.296 e. The number of pyridine rings is 1. The average Bonchev–Trinajstić information content (AvgIpc) is 2.74. The van der Waals surface area contributed by atoms with Gasteiger partial charge in [-0.05, 0) is 29.8 Å². The van der Waals surface area contributed by atoms with Gasteiger partial charge in [-0.3, -0.25) is 20.0 Å². The Kier molecular flexibility index (Phi) is 5.70. The number of halogens is 1. The maximum absolute atomic E-state index is 12.9. The van der Waals surface area contributed by atoms with Gasteiger partial charge in [-0.2, -0.15) is 4.31 Å². The van der Waals surface area contributed by atoms with Crippen LogP contribution in [0.5, 0.6) is 0 Å². The summed E-state index contributed by atoms with van der Waals surface area (Å²) in [5, 5.41) is 12.6. The number of nitro groups is 1. The van der Waals surface area contributed by atoms with Crippen LogP contribution in [0.25, 0.3) is 10.9 Å². The Labute approximate surface area is 178 Å². The molecule has 0 amide bonds. The SMILES string of the molecule is O=[N+]([O-])c1cccc(S(=O)(=O)N2CCN(Cc3cc(Cl)cc4cccnc34)CC2)c1. The number of aromatic nitrogens is 1. The Bertz CT molecular complexity index is 1210. The van der Waals surface area contributed by atoms with Crippen LogP contribution < -0.4 is 0 Å². The van der Waals surface area contributed by atoms with Crippen LogP contribution >= 0.6 is 11.6 Å². The van der Waals surface area contributed by atoms with E-state index in [2.05, 4.69) is 9.88 Å². The average molecular weight is 447 g/mol. The van der Waals surface area contributed by atoms with E-state index in [1.165, 1.54) is 22.5 Å². The highest BCUT2D eigenvalue weighted by Gasteiger charge is 2.29. The lowest BCUT2D eigenvalue weighted by Gasteiger charge is -2.34. The maximum atomic E-state index is 12.9. The van der Waals surface area contributed by atoms with Gasteiger partial charge >= 0.3 is 0 Å². The third-order valence-corrected chi connectivity index (χ3v) is 7.25. The lowest BCUT2D eigenvalue weighted by atomic mass is 10.1. The summed E-state index contributed by atoms with van der Waals surface area (Å²) in [6.45, 7) is 2.29. The molecule has 2 heterocycles. The molecule has 1 aliphatic rings. The number of nitro benzene ring substituents is 1. The minimum absolute atomic E-state index is 0.0600. The highest BCUT2D eigenvalue weighted by atomic mass is 35.5. The van der Waals surface area contributed by atoms with E-state index in [-0.39, 0.29) is 10.6 Å². The molecule has 0 radical (unpaired) electrons. The predicted molar refractivity (Wildman–Crippen MR) is 114 cm³/mol. The zero-order valence-corrected chi connectivity index (χ0v) is 17.5. The quantitative estimate of drug-likeness (QED) is 0.440. The van der Waals surface area contributed by atoms with Crippen LogP contribution in [0.4, 0.5) is 5.69 Å². The number of fused-ring (bicyclic) bond motifs is 1. The molecule has 1 aromatic heterocycles. The van der Waals surface area contributed by atoms with Gasteiger partial charge in [0.15, 0.2) is 0 Å². The van der Waals surface area contributed by atoms with Gasteiger partial charge in [-0.15, -0.1) is 0 Å². The van der Waals surface area contributed by atoms with Crippen molar-refractivity contribution in [1.29, 1.82) is 0 Å². The summed E-state index contributed by atoms with van der Waals surface area (Å²) in [4.78, 5) is 16.9. The molecule has 1 fully saturated rings. The molecule has 156 valence electrons. The van der Waals surface area contributed by atoms with Gasteiger partial charge < -0.3 is 0 Å². The number of benzene rings is 2. The predicted octanol–water partition coefficient (Wildman–Crippen LogP) is 3.30. The van der Waals surface area contributed by atoms with Gasteiger partial charge in [0.25, 0.3) is 5.69 Å². The molecule has 0 saturated carbocycles. The van der Waals surface area contributed by atoms with E-state index in [4.69, 9.17) is 11.6 Å². The molecule has 1 aliphatic heterocycles. The first kappa shape index (κ1) is 20.7. The standard InChI is InChI=1S/C20H19ClN4O4S/c21-17-11-15-3-2-6-22-20(15)16(12-17)14-23-7-9-24(10-8-23)30(28,29)19-5-1-4-18(13-19)25(26)27/h1-6,11-13H,7-10,14H2. The molecule has 1 saturated heterocycles. The van der Waals surface area contributed by atoms with Crippen LogP contribution in [-0.2, 0) is 16.6 Å². The van der Waals surface area contributed by atoms with Crippen molar-refractivity contribution in [2.24, 2.45) is 0 Å². The molecule has 0 aliphatic carbocycles. The molecule has 30 heavy (non-hydrogen) atoms. The fourth-order valence-corrected chi connectivity index (χ4v) is 5.34. The van der Waals surface area contributed by atoms with Crippen LogP contribution in [-0.4, -0.2) is 53.7 Å². The van der Waals surface area contributed by atoms with Crippen molar-refractivity contribution < 1.29 is 13.3 Å². The van der Waals surface area contributed by atoms with E-state index < -0.39 is 14.9 Å². The Balaban J connectivity index is 1.48. The van der Waals surface area contributed by atoms with E-state index in [1.807, 2.05) is 24.3 Å². The maximum Gasteiger partial charge on any atom is 0.270 e. The van der Waals surface area contributed by atoms with E-state index in [0.717, 1.165) is 22.5 Å². The van der Waals surface area contributed by atoms with Crippen molar-refractivity contribution in [2.45, 2.75) is 11.4 Å². The number of nitrogens with zero attached hydrogens (tertiary/aromatic N) is 4. The third-order valence-electron chi connectivity index (χ3n) is 5.14. The smallest absolute Gasteiger partial charge is 0.270 e. The number of sulfonamides is 1. The Morgan fingerprint density at radius 1 is 1.07 bits per heavy atom. The van der Waals surface area contributed by atoms with Crippen molar-refractivity contribution in [1.82, 2.24) is 14.2 Å². The first-order valence-corrected chi connectivity index (χ1v) is 11.2. The van der Waals surface area contributed by atoms with E-state index in [1.54, 1.807) is 6.20 Å². The second-order valence-electron chi connectivity index (χ2n) is 7.07. The second kappa shape index (κ2) is 8.27. The van der Waals surface area contributed by atoms with Gasteiger partial charge in [0.1, 0.15) is 0 Å². The van der Waals surface area contributed by atoms with Crippen molar-refractivity contribution >= 4 is 38.2 Å². The number of rotatable bonds is 5. The van der Waals surface area contributed by atoms with Gasteiger partial charge in [0.2, 0.25) is 10.0 Å². The minimum atomic E-state index is -3.79. The summed E-state index contributed by atoms with van der Waals surface area (Å²) in [5.74, 6) is 0. The summed E-state index contributed by atoms with van der Waals surface area (Å²) < 4.78 is 27.2. The van der Waals surface area contributed by atoms with Crippen LogP contribution in [0, 0.1) is 10.1 Å². The molecule has 0 spiro atoms. The van der Waals surface area contributed by atoms with Gasteiger partial charge in [-0.1, -0.05) is 23.7 Å². The van der Waals surface area contributed by atoms with Crippen molar-refractivity contribution in [3.63, 3.8) is 0 Å². The summed E-state index contributed by atoms with van der Waals surface area (Å²) in [6.07, 6.45) is 1.74. The number of non-ortho nitro benzene ring substituents is 1. The van der Waals surface area contributed by atoms with Gasteiger partial charge in [-0.25, -0.2) is 8.42 Å². The van der Waals surface area contributed by atoms with Gasteiger partial charge in [0, 0.05) is 61.5 Å². The number of piperazine rings is 1. The molecular weight excluding hydrogens is 428 g/mol. The Hall–Kier alpha value is -2.59. The van der Waals surface area contributed by atoms with Crippen molar-refractivity contribution in [2.75, 3.05) is 26.2 Å². The number of hydrogen-bond acceptors (Lipinski definition) is 6. The molecule has 2 aromatic carbocycles. The summed E-state index contributed by atoms with van der Waals surface area (Å²) in [5.41, 5.74) is 1.64. The monoisotopic (exact) mass is 446 g/mol. The fraction of sp³-hybridized carbons (Fsp3) is 0.250. The molecule has 8 nitrogen and oxygen atoms in total. The lowest BCUT2D eigenvalue weighted by molar-refractivity contribution is -0.385. The van der Waals surface area contributed by atoms with E-state index >= 15 is 0 Å². The largest absolute Gasteiger partial charge is 0.296 e. The zero-order chi connectivity index (χ0) is 21.3. The van der Waals surface area contributed by atoms with Crippen LogP contribution in [0.2, 0.25) is 5.02 Å². The first-order valence-electron chi connectivity index (χ1n) is 9.35. The molecule has 0 bridgehead atoms. The first-order chi connectivity index (χ1) is 14.3. The molecule has 4 rings (SSSR count). The third kappa shape index (κ3) is 4.15. The van der Waals surface area contributed by atoms with Crippen LogP contribution in [0.1, 0.15) is 5.56 Å². The molecule has 0 atom stereocenters. The second-order valence-corrected chi connectivity index (χ2v) is 9.45. The van der Waals surface area contributed by atoms with Crippen LogP contribution in [0.3, 0.4) is 0 Å². The molecule has 3 aromatic rings. The summed E-state index contributed by atoms with van der Waals surface area (Å²) in [7, 11) is -3.79. The topological polar surface area (TPSA) is 96.6 Å². The highest BCUT2D eigenvalue weighted by Crippen LogP contribution is 2.25. The molecule has 10 heteroatoms. The normalized spacial score (nSPS) is 16.0. The Morgan fingerprint density at radius 2 is 1.83 bits per heavy atom. The van der Waals surface area contributed by atoms with Crippen molar-refractivity contribution in [3.05, 3.63) is 75.4 Å². The van der Waals surface area contributed by atoms with Crippen LogP contribution in [0.15, 0.2) is 59.6 Å². The van der Waals surface area contributed by atoms with Gasteiger partial charge in [0.05, 0.1) is 15.3 Å². The molecule has 0 N–H and O–H groups in total. The lowest BCUT2D eigenvalue weighted by Crippen LogP contribution is -2.48. The van der Waals surface area contributed by atoms with Crippen molar-refractivity contribution in [3.8, 4) is 0 Å². The summed E-state index contributed by atoms with van der Waals surface area (Å²) >= 11 is 6.25. The summed E-state index contributed by atoms with van der Waals surface area (Å²) in [6, 6.07) is 12.7. The van der Waals surface area contributed by atoms with E-state index in [9.17, 15) is 18.5 Å². The highest BCUT2D eigenvalue weighted by molar-refractivity contribution is 7.89. The van der Waals surface area contributed by atoms with E-state index in [0.29, 0.717) is 37.7 Å². The zero-order valence-electron chi connectivity index (χ0n) is 15.9.